The molecule has 0 bridgehead atoms. The van der Waals surface area contributed by atoms with Crippen LogP contribution in [0.5, 0.6) is 5.75 Å². The molecule has 4 heteroatoms. The van der Waals surface area contributed by atoms with E-state index >= 15 is 0 Å². The molecule has 1 amide bonds. The van der Waals surface area contributed by atoms with E-state index in [0.717, 1.165) is 22.2 Å². The lowest BCUT2D eigenvalue weighted by molar-refractivity contribution is 0.0947. The number of amides is 1. The van der Waals surface area contributed by atoms with E-state index in [1.807, 2.05) is 62.4 Å². The molecule has 0 radical (unpaired) electrons. The summed E-state index contributed by atoms with van der Waals surface area (Å²) >= 11 is 0. The van der Waals surface area contributed by atoms with E-state index in [1.165, 1.54) is 5.56 Å². The van der Waals surface area contributed by atoms with E-state index < -0.39 is 0 Å². The molecule has 3 aromatic rings. The van der Waals surface area contributed by atoms with Crippen LogP contribution in [0.4, 0.5) is 0 Å². The zero-order valence-corrected chi connectivity index (χ0v) is 13.9. The molecule has 0 saturated heterocycles. The molecule has 1 N–H and O–H groups in total. The second-order valence-electron chi connectivity index (χ2n) is 5.76. The van der Waals surface area contributed by atoms with E-state index in [-0.39, 0.29) is 5.91 Å². The minimum absolute atomic E-state index is 0.0792. The van der Waals surface area contributed by atoms with Gasteiger partial charge in [-0.2, -0.15) is 0 Å². The van der Waals surface area contributed by atoms with Crippen LogP contribution >= 0.6 is 0 Å². The SMILES string of the molecule is Cc1ccc(C(=O)NCCOc2ccc3ncccc3c2)cc1C. The lowest BCUT2D eigenvalue weighted by Crippen LogP contribution is -2.28. The Morgan fingerprint density at radius 3 is 2.79 bits per heavy atom. The Kier molecular flexibility index (Phi) is 4.75. The average Bonchev–Trinajstić information content (AvgIpc) is 2.60. The van der Waals surface area contributed by atoms with Gasteiger partial charge in [-0.1, -0.05) is 12.1 Å². The van der Waals surface area contributed by atoms with Crippen molar-refractivity contribution in [3.05, 3.63) is 71.4 Å². The number of pyridine rings is 1. The number of hydrogen-bond donors (Lipinski definition) is 1. The number of rotatable bonds is 5. The number of nitrogens with zero attached hydrogens (tertiary/aromatic N) is 1. The molecule has 0 fully saturated rings. The van der Waals surface area contributed by atoms with Gasteiger partial charge in [-0.15, -0.1) is 0 Å². The van der Waals surface area contributed by atoms with Crippen LogP contribution < -0.4 is 10.1 Å². The van der Waals surface area contributed by atoms with Gasteiger partial charge in [0.2, 0.25) is 0 Å². The molecule has 1 aromatic heterocycles. The molecule has 0 saturated carbocycles. The van der Waals surface area contributed by atoms with Crippen LogP contribution in [-0.2, 0) is 0 Å². The molecule has 2 aromatic carbocycles. The summed E-state index contributed by atoms with van der Waals surface area (Å²) in [5.74, 6) is 0.695. The van der Waals surface area contributed by atoms with Gasteiger partial charge in [0, 0.05) is 17.1 Å². The van der Waals surface area contributed by atoms with Gasteiger partial charge in [-0.3, -0.25) is 9.78 Å². The summed E-state index contributed by atoms with van der Waals surface area (Å²) in [6.07, 6.45) is 1.77. The standard InChI is InChI=1S/C20H20N2O2/c1-14-5-6-17(12-15(14)2)20(23)22-10-11-24-18-7-8-19-16(13-18)4-3-9-21-19/h3-9,12-13H,10-11H2,1-2H3,(H,22,23). The molecule has 4 nitrogen and oxygen atoms in total. The van der Waals surface area contributed by atoms with Gasteiger partial charge < -0.3 is 10.1 Å². The molecule has 0 aliphatic heterocycles. The molecule has 0 aliphatic rings. The number of aromatic nitrogens is 1. The van der Waals surface area contributed by atoms with Crippen molar-refractivity contribution < 1.29 is 9.53 Å². The fraction of sp³-hybridized carbons (Fsp3) is 0.200. The topological polar surface area (TPSA) is 51.2 Å². The molecular formula is C20H20N2O2. The summed E-state index contributed by atoms with van der Waals surface area (Å²) in [6.45, 7) is 4.91. The van der Waals surface area contributed by atoms with Crippen molar-refractivity contribution in [1.82, 2.24) is 10.3 Å². The highest BCUT2D eigenvalue weighted by Crippen LogP contribution is 2.18. The van der Waals surface area contributed by atoms with Crippen LogP contribution in [0.3, 0.4) is 0 Å². The van der Waals surface area contributed by atoms with Crippen LogP contribution in [0, 0.1) is 13.8 Å². The highest BCUT2D eigenvalue weighted by molar-refractivity contribution is 5.94. The van der Waals surface area contributed by atoms with Crippen LogP contribution in [0.1, 0.15) is 21.5 Å². The predicted octanol–water partition coefficient (Wildman–Crippen LogP) is 3.66. The van der Waals surface area contributed by atoms with Gasteiger partial charge in [-0.05, 0) is 61.4 Å². The largest absolute Gasteiger partial charge is 0.492 e. The molecule has 3 rings (SSSR count). The molecule has 1 heterocycles. The Morgan fingerprint density at radius 1 is 1.08 bits per heavy atom. The fourth-order valence-electron chi connectivity index (χ4n) is 2.46. The third-order valence-corrected chi connectivity index (χ3v) is 4.00. The predicted molar refractivity (Wildman–Crippen MR) is 95.5 cm³/mol. The van der Waals surface area contributed by atoms with Crippen molar-refractivity contribution >= 4 is 16.8 Å². The van der Waals surface area contributed by atoms with Gasteiger partial charge in [0.15, 0.2) is 0 Å². The third kappa shape index (κ3) is 3.71. The van der Waals surface area contributed by atoms with Crippen molar-refractivity contribution in [1.29, 1.82) is 0 Å². The Labute approximate surface area is 141 Å². The number of ether oxygens (including phenoxy) is 1. The zero-order chi connectivity index (χ0) is 16.9. The van der Waals surface area contributed by atoms with Crippen molar-refractivity contribution in [2.45, 2.75) is 13.8 Å². The molecule has 122 valence electrons. The first-order chi connectivity index (χ1) is 11.6. The number of fused-ring (bicyclic) bond motifs is 1. The quantitative estimate of drug-likeness (QED) is 0.730. The maximum atomic E-state index is 12.1. The zero-order valence-electron chi connectivity index (χ0n) is 13.9. The molecule has 0 atom stereocenters. The summed E-state index contributed by atoms with van der Waals surface area (Å²) in [4.78, 5) is 16.4. The van der Waals surface area contributed by atoms with E-state index in [9.17, 15) is 4.79 Å². The number of aryl methyl sites for hydroxylation is 2. The highest BCUT2D eigenvalue weighted by atomic mass is 16.5. The minimum atomic E-state index is -0.0792. The molecule has 0 spiro atoms. The van der Waals surface area contributed by atoms with E-state index in [2.05, 4.69) is 10.3 Å². The fourth-order valence-corrected chi connectivity index (χ4v) is 2.46. The van der Waals surface area contributed by atoms with Crippen molar-refractivity contribution in [2.24, 2.45) is 0 Å². The Balaban J connectivity index is 1.52. The first-order valence-electron chi connectivity index (χ1n) is 7.96. The van der Waals surface area contributed by atoms with E-state index in [0.29, 0.717) is 18.7 Å². The Hall–Kier alpha value is -2.88. The van der Waals surface area contributed by atoms with Gasteiger partial charge in [-0.25, -0.2) is 0 Å². The van der Waals surface area contributed by atoms with Gasteiger partial charge in [0.25, 0.3) is 5.91 Å². The monoisotopic (exact) mass is 320 g/mol. The first-order valence-corrected chi connectivity index (χ1v) is 7.96. The van der Waals surface area contributed by atoms with Crippen molar-refractivity contribution in [3.8, 4) is 5.75 Å². The molecule has 24 heavy (non-hydrogen) atoms. The summed E-state index contributed by atoms with van der Waals surface area (Å²) < 4.78 is 5.70. The minimum Gasteiger partial charge on any atom is -0.492 e. The smallest absolute Gasteiger partial charge is 0.251 e. The van der Waals surface area contributed by atoms with Crippen LogP contribution in [0.15, 0.2) is 54.7 Å². The number of nitrogens with one attached hydrogen (secondary N) is 1. The summed E-state index contributed by atoms with van der Waals surface area (Å²) in [5.41, 5.74) is 3.91. The van der Waals surface area contributed by atoms with Crippen molar-refractivity contribution in [2.75, 3.05) is 13.2 Å². The molecular weight excluding hydrogens is 300 g/mol. The summed E-state index contributed by atoms with van der Waals surface area (Å²) in [5, 5.41) is 3.91. The Morgan fingerprint density at radius 2 is 1.96 bits per heavy atom. The van der Waals surface area contributed by atoms with E-state index in [4.69, 9.17) is 4.74 Å². The maximum Gasteiger partial charge on any atom is 0.251 e. The number of carbonyl (C=O) groups excluding carboxylic acids is 1. The van der Waals surface area contributed by atoms with Crippen LogP contribution in [0.25, 0.3) is 10.9 Å². The highest BCUT2D eigenvalue weighted by Gasteiger charge is 2.06. The third-order valence-electron chi connectivity index (χ3n) is 4.00. The van der Waals surface area contributed by atoms with Crippen LogP contribution in [0.2, 0.25) is 0 Å². The molecule has 0 unspecified atom stereocenters. The summed E-state index contributed by atoms with van der Waals surface area (Å²) in [7, 11) is 0. The van der Waals surface area contributed by atoms with Gasteiger partial charge in [0.1, 0.15) is 12.4 Å². The first kappa shape index (κ1) is 16.0. The average molecular weight is 320 g/mol. The van der Waals surface area contributed by atoms with Crippen LogP contribution in [-0.4, -0.2) is 24.0 Å². The number of benzene rings is 2. The van der Waals surface area contributed by atoms with Crippen molar-refractivity contribution in [3.63, 3.8) is 0 Å². The lowest BCUT2D eigenvalue weighted by Gasteiger charge is -2.09. The normalized spacial score (nSPS) is 10.6. The van der Waals surface area contributed by atoms with Gasteiger partial charge in [0.05, 0.1) is 12.1 Å². The number of carbonyl (C=O) groups is 1. The Bertz CT molecular complexity index is 874. The summed E-state index contributed by atoms with van der Waals surface area (Å²) in [6, 6.07) is 15.4. The molecule has 0 aliphatic carbocycles. The maximum absolute atomic E-state index is 12.1. The second kappa shape index (κ2) is 7.13. The second-order valence-corrected chi connectivity index (χ2v) is 5.76. The van der Waals surface area contributed by atoms with Gasteiger partial charge >= 0.3 is 0 Å². The lowest BCUT2D eigenvalue weighted by atomic mass is 10.1. The van der Waals surface area contributed by atoms with E-state index in [1.54, 1.807) is 6.20 Å². The number of hydrogen-bond acceptors (Lipinski definition) is 3.